The first-order valence-electron chi connectivity index (χ1n) is 27.4. The van der Waals surface area contributed by atoms with E-state index in [0.717, 1.165) is 64.2 Å². The third kappa shape index (κ3) is 7.85. The zero-order chi connectivity index (χ0) is 45.6. The summed E-state index contributed by atoms with van der Waals surface area (Å²) in [6.45, 7) is 6.66. The third-order valence-corrected chi connectivity index (χ3v) is 18.0. The maximum atomic E-state index is 4.19. The van der Waals surface area contributed by atoms with Gasteiger partial charge in [0.1, 0.15) is 0 Å². The van der Waals surface area contributed by atoms with Gasteiger partial charge in [0.05, 0.1) is 0 Å². The lowest BCUT2D eigenvalue weighted by Gasteiger charge is -2.44. The molecule has 1 saturated carbocycles. The Morgan fingerprint density at radius 1 is 0.632 bits per heavy atom. The summed E-state index contributed by atoms with van der Waals surface area (Å²) in [7, 11) is 0. The lowest BCUT2D eigenvalue weighted by atomic mass is 9.71. The highest BCUT2D eigenvalue weighted by molar-refractivity contribution is 6.01. The van der Waals surface area contributed by atoms with Gasteiger partial charge in [-0.15, -0.1) is 6.58 Å². The molecule has 346 valence electrons. The van der Waals surface area contributed by atoms with E-state index >= 15 is 0 Å². The Labute approximate surface area is 408 Å². The Kier molecular flexibility index (Phi) is 12.4. The molecule has 0 radical (unpaired) electrons. The predicted molar refractivity (Wildman–Crippen MR) is 292 cm³/mol. The fourth-order valence-electron chi connectivity index (χ4n) is 14.9. The van der Waals surface area contributed by atoms with E-state index in [9.17, 15) is 0 Å². The Hall–Kier alpha value is -5.40. The highest BCUT2D eigenvalue weighted by Crippen LogP contribution is 2.51. The molecule has 3 aromatic carbocycles. The first-order chi connectivity index (χ1) is 33.7. The molecular formula is C67H73N. The Balaban J connectivity index is 0.957. The zero-order valence-corrected chi connectivity index (χ0v) is 41.0. The molecule has 3 aromatic rings. The maximum absolute atomic E-state index is 4.19. The zero-order valence-electron chi connectivity index (χ0n) is 41.0. The number of fused-ring (bicyclic) bond motifs is 5. The van der Waals surface area contributed by atoms with Gasteiger partial charge < -0.3 is 4.90 Å². The van der Waals surface area contributed by atoms with Crippen molar-refractivity contribution in [2.24, 2.45) is 11.8 Å². The van der Waals surface area contributed by atoms with Gasteiger partial charge in [0.25, 0.3) is 0 Å². The topological polar surface area (TPSA) is 3.24 Å². The van der Waals surface area contributed by atoms with Crippen LogP contribution in [0.2, 0.25) is 0 Å². The lowest BCUT2D eigenvalue weighted by molar-refractivity contribution is 0.282. The van der Waals surface area contributed by atoms with Gasteiger partial charge in [-0.05, 0) is 241 Å². The molecule has 0 amide bonds. The number of hydrogen-bond donors (Lipinski definition) is 0. The monoisotopic (exact) mass is 892 g/mol. The Morgan fingerprint density at radius 3 is 2.13 bits per heavy atom. The molecule has 1 fully saturated rings. The molecule has 0 bridgehead atoms. The summed E-state index contributed by atoms with van der Waals surface area (Å²) in [6.07, 6.45) is 67.1. The van der Waals surface area contributed by atoms with E-state index in [-0.39, 0.29) is 0 Å². The van der Waals surface area contributed by atoms with Crippen molar-refractivity contribution in [3.05, 3.63) is 194 Å². The van der Waals surface area contributed by atoms with Crippen LogP contribution in [0.3, 0.4) is 0 Å². The summed E-state index contributed by atoms with van der Waals surface area (Å²) >= 11 is 0. The van der Waals surface area contributed by atoms with Gasteiger partial charge in [0, 0.05) is 23.4 Å². The summed E-state index contributed by atoms with van der Waals surface area (Å²) in [4.78, 5) is 2.89. The van der Waals surface area contributed by atoms with Crippen molar-refractivity contribution in [1.29, 1.82) is 0 Å². The molecule has 0 spiro atoms. The maximum Gasteiger partial charge on any atom is 0.0406 e. The SMILES string of the molecule is C=CCCC1C(C)=C(N(C2=CC=C(c3c4c(c(C5CCCCC5)c5ccccc35)C=CCC4)CC2)C2CC=C(c3c4c(c(C5CC=CCC5)c5c3CCC=C5)CCC=C4)CC2)C=C2C=CC=CC21. The molecule has 9 aliphatic rings. The van der Waals surface area contributed by atoms with Crippen molar-refractivity contribution in [1.82, 2.24) is 4.90 Å². The molecule has 68 heavy (non-hydrogen) atoms. The van der Waals surface area contributed by atoms with Crippen molar-refractivity contribution in [3.63, 3.8) is 0 Å². The largest absolute Gasteiger partial charge is 0.342 e. The molecule has 0 saturated heterocycles. The minimum absolute atomic E-state index is 0.408. The molecule has 4 unspecified atom stereocenters. The average molecular weight is 892 g/mol. The summed E-state index contributed by atoms with van der Waals surface area (Å²) < 4.78 is 0. The van der Waals surface area contributed by atoms with Gasteiger partial charge >= 0.3 is 0 Å². The molecule has 1 heteroatoms. The van der Waals surface area contributed by atoms with Gasteiger partial charge in [-0.3, -0.25) is 0 Å². The first-order valence-corrected chi connectivity index (χ1v) is 27.4. The van der Waals surface area contributed by atoms with Crippen LogP contribution in [0.4, 0.5) is 0 Å². The van der Waals surface area contributed by atoms with E-state index < -0.39 is 0 Å². The van der Waals surface area contributed by atoms with Gasteiger partial charge in [0.15, 0.2) is 0 Å². The van der Waals surface area contributed by atoms with Crippen LogP contribution in [0.1, 0.15) is 190 Å². The van der Waals surface area contributed by atoms with E-state index in [1.54, 1.807) is 72.4 Å². The molecule has 0 aromatic heterocycles. The molecule has 0 heterocycles. The minimum atomic E-state index is 0.408. The smallest absolute Gasteiger partial charge is 0.0406 e. The van der Waals surface area contributed by atoms with Crippen LogP contribution in [-0.4, -0.2) is 10.9 Å². The lowest BCUT2D eigenvalue weighted by Crippen LogP contribution is -2.38. The summed E-state index contributed by atoms with van der Waals surface area (Å²) in [5, 5.41) is 3.01. The van der Waals surface area contributed by atoms with Crippen LogP contribution >= 0.6 is 0 Å². The predicted octanol–water partition coefficient (Wildman–Crippen LogP) is 18.1. The van der Waals surface area contributed by atoms with E-state index in [1.165, 1.54) is 98.4 Å². The second-order valence-corrected chi connectivity index (χ2v) is 21.8. The highest BCUT2D eigenvalue weighted by atomic mass is 15.2. The fraction of sp³-hybridized carbons (Fsp3) is 0.403. The van der Waals surface area contributed by atoms with Gasteiger partial charge in [-0.2, -0.15) is 0 Å². The Bertz CT molecular complexity index is 2870. The normalized spacial score (nSPS) is 25.2. The molecule has 1 nitrogen and oxygen atoms in total. The van der Waals surface area contributed by atoms with Gasteiger partial charge in [-0.25, -0.2) is 0 Å². The van der Waals surface area contributed by atoms with Crippen molar-refractivity contribution in [2.75, 3.05) is 0 Å². The van der Waals surface area contributed by atoms with Gasteiger partial charge in [0.2, 0.25) is 0 Å². The van der Waals surface area contributed by atoms with Crippen molar-refractivity contribution >= 4 is 40.1 Å². The number of benzene rings is 3. The van der Waals surface area contributed by atoms with Crippen molar-refractivity contribution in [3.8, 4) is 0 Å². The van der Waals surface area contributed by atoms with Crippen LogP contribution in [0, 0.1) is 11.8 Å². The van der Waals surface area contributed by atoms with Crippen LogP contribution in [0.25, 0.3) is 40.1 Å². The van der Waals surface area contributed by atoms with Gasteiger partial charge in [-0.1, -0.05) is 135 Å². The van der Waals surface area contributed by atoms with E-state index in [1.807, 2.05) is 0 Å². The highest BCUT2D eigenvalue weighted by Gasteiger charge is 2.37. The van der Waals surface area contributed by atoms with Crippen molar-refractivity contribution in [2.45, 2.75) is 160 Å². The summed E-state index contributed by atoms with van der Waals surface area (Å²) in [6, 6.07) is 9.93. The first kappa shape index (κ1) is 43.9. The quantitative estimate of drug-likeness (QED) is 0.183. The van der Waals surface area contributed by atoms with E-state index in [0.29, 0.717) is 29.7 Å². The van der Waals surface area contributed by atoms with E-state index in [4.69, 9.17) is 0 Å². The summed E-state index contributed by atoms with van der Waals surface area (Å²) in [5.74, 6) is 2.24. The molecule has 12 rings (SSSR count). The van der Waals surface area contributed by atoms with Crippen molar-refractivity contribution < 1.29 is 0 Å². The average Bonchev–Trinajstić information content (AvgIpc) is 3.40. The standard InChI is InChI=1S/C67H73N/c1-3-4-26-53-45(2)63(44-50-25-11-12-27-54(50)53)68(51-40-36-48(37-41-51)66-59-32-17-13-28-55(59)64(46-21-7-5-8-22-46)56-29-14-18-33-60(56)66)52-42-38-49(39-43-52)67-61-34-19-15-30-57(61)65(47-23-9-6-10-24-47)58-31-16-20-35-62(58)67/h3,5,7,11-13,15-16,18-19,25,27-28,30-31,33-34,36,38,42,44,46-47,51,53-54H,1,4,6,8-10,14,17,20-24,26,29,32,35,37,39-41,43H2,2H3. The fourth-order valence-corrected chi connectivity index (χ4v) is 14.9. The number of allylic oxidation sites excluding steroid dienone is 18. The van der Waals surface area contributed by atoms with E-state index in [2.05, 4.69) is 146 Å². The Morgan fingerprint density at radius 2 is 1.40 bits per heavy atom. The van der Waals surface area contributed by atoms with Crippen LogP contribution in [0.15, 0.2) is 138 Å². The second-order valence-electron chi connectivity index (χ2n) is 21.8. The third-order valence-electron chi connectivity index (χ3n) is 18.0. The van der Waals surface area contributed by atoms with Crippen LogP contribution in [-0.2, 0) is 19.3 Å². The summed E-state index contributed by atoms with van der Waals surface area (Å²) in [5.41, 5.74) is 25.4. The van der Waals surface area contributed by atoms with Crippen LogP contribution in [0.5, 0.6) is 0 Å². The molecule has 0 aliphatic heterocycles. The molecule has 9 aliphatic carbocycles. The number of nitrogens with zero attached hydrogens (tertiary/aromatic N) is 1. The molecular weight excluding hydrogens is 819 g/mol. The minimum Gasteiger partial charge on any atom is -0.342 e. The molecule has 0 N–H and O–H groups in total. The number of hydrogen-bond acceptors (Lipinski definition) is 1. The number of rotatable bonds is 10. The molecule has 4 atom stereocenters. The van der Waals surface area contributed by atoms with Crippen LogP contribution < -0.4 is 0 Å². The second kappa shape index (κ2) is 19.2.